The molecule has 2 unspecified atom stereocenters. The van der Waals surface area contributed by atoms with Gasteiger partial charge in [0.05, 0.1) is 6.33 Å². The van der Waals surface area contributed by atoms with Crippen LogP contribution < -0.4 is 16.6 Å². The van der Waals surface area contributed by atoms with Gasteiger partial charge in [-0.1, -0.05) is 6.92 Å². The second kappa shape index (κ2) is 2.76. The Morgan fingerprint density at radius 3 is 3.08 bits per heavy atom. The fraction of sp³-hybridized carbons (Fsp3) is 0.500. The number of nitrogen functional groups attached to an aromatic ring is 1. The molecule has 1 aliphatic rings. The van der Waals surface area contributed by atoms with Crippen molar-refractivity contribution in [3.05, 3.63) is 16.7 Å². The van der Waals surface area contributed by atoms with Crippen LogP contribution in [0.3, 0.4) is 0 Å². The molecule has 70 valence electrons. The van der Waals surface area contributed by atoms with Gasteiger partial charge in [-0.3, -0.25) is 4.79 Å². The number of hydrogen-bond donors (Lipinski definition) is 3. The second-order valence-corrected chi connectivity index (χ2v) is 3.46. The third-order valence-corrected chi connectivity index (χ3v) is 2.32. The minimum Gasteiger partial charge on any atom is -0.391 e. The van der Waals surface area contributed by atoms with Gasteiger partial charge in [0.2, 0.25) is 0 Å². The lowest BCUT2D eigenvalue weighted by atomic mass is 10.4. The van der Waals surface area contributed by atoms with E-state index in [-0.39, 0.29) is 11.2 Å². The molecule has 1 heterocycles. The van der Waals surface area contributed by atoms with Crippen molar-refractivity contribution < 1.29 is 0 Å². The predicted octanol–water partition coefficient (Wildman–Crippen LogP) is 0.172. The summed E-state index contributed by atoms with van der Waals surface area (Å²) in [5, 5.41) is 3.12. The van der Waals surface area contributed by atoms with Crippen LogP contribution in [0.4, 0.5) is 11.5 Å². The fourth-order valence-corrected chi connectivity index (χ4v) is 1.22. The molecule has 13 heavy (non-hydrogen) atoms. The highest BCUT2D eigenvalue weighted by Crippen LogP contribution is 2.32. The predicted molar refractivity (Wildman–Crippen MR) is 50.5 cm³/mol. The van der Waals surface area contributed by atoms with Crippen molar-refractivity contribution in [3.63, 3.8) is 0 Å². The smallest absolute Gasteiger partial charge is 0.276 e. The third-order valence-electron chi connectivity index (χ3n) is 2.32. The lowest BCUT2D eigenvalue weighted by molar-refractivity contribution is 0.921. The highest BCUT2D eigenvalue weighted by molar-refractivity contribution is 5.59. The Morgan fingerprint density at radius 2 is 2.46 bits per heavy atom. The topological polar surface area (TPSA) is 83.8 Å². The minimum atomic E-state index is -0.286. The summed E-state index contributed by atoms with van der Waals surface area (Å²) in [5.41, 5.74) is 5.42. The molecule has 0 radical (unpaired) electrons. The quantitative estimate of drug-likeness (QED) is 0.606. The number of nitrogens with one attached hydrogen (secondary N) is 2. The number of aromatic nitrogens is 2. The van der Waals surface area contributed by atoms with Crippen molar-refractivity contribution in [1.29, 1.82) is 0 Å². The molecule has 0 aromatic carbocycles. The normalized spacial score (nSPS) is 25.6. The van der Waals surface area contributed by atoms with E-state index in [0.717, 1.165) is 6.42 Å². The number of anilines is 2. The SMILES string of the molecule is CC1CC1Nc1nc[nH]c(=O)c1N. The van der Waals surface area contributed by atoms with Gasteiger partial charge in [-0.2, -0.15) is 0 Å². The zero-order valence-corrected chi connectivity index (χ0v) is 7.37. The lowest BCUT2D eigenvalue weighted by Gasteiger charge is -2.04. The molecule has 5 heteroatoms. The summed E-state index contributed by atoms with van der Waals surface area (Å²) < 4.78 is 0. The summed E-state index contributed by atoms with van der Waals surface area (Å²) >= 11 is 0. The number of H-pyrrole nitrogens is 1. The molecule has 5 nitrogen and oxygen atoms in total. The number of aromatic amines is 1. The van der Waals surface area contributed by atoms with Crippen LogP contribution in [0, 0.1) is 5.92 Å². The van der Waals surface area contributed by atoms with Crippen LogP contribution in [0.15, 0.2) is 11.1 Å². The van der Waals surface area contributed by atoms with E-state index in [0.29, 0.717) is 17.8 Å². The molecule has 0 aliphatic heterocycles. The van der Waals surface area contributed by atoms with Crippen molar-refractivity contribution in [2.24, 2.45) is 5.92 Å². The van der Waals surface area contributed by atoms with Crippen molar-refractivity contribution in [2.75, 3.05) is 11.1 Å². The molecule has 0 spiro atoms. The Bertz CT molecular complexity index is 373. The summed E-state index contributed by atoms with van der Waals surface area (Å²) in [5.74, 6) is 1.15. The first-order valence-corrected chi connectivity index (χ1v) is 4.28. The number of nitrogens with zero attached hydrogens (tertiary/aromatic N) is 1. The van der Waals surface area contributed by atoms with Crippen LogP contribution in [0.25, 0.3) is 0 Å². The zero-order chi connectivity index (χ0) is 9.42. The van der Waals surface area contributed by atoms with Gasteiger partial charge < -0.3 is 16.0 Å². The molecular weight excluding hydrogens is 168 g/mol. The van der Waals surface area contributed by atoms with Gasteiger partial charge in [0.25, 0.3) is 5.56 Å². The highest BCUT2D eigenvalue weighted by atomic mass is 16.1. The first-order chi connectivity index (χ1) is 6.18. The molecule has 2 rings (SSSR count). The molecule has 2 atom stereocenters. The van der Waals surface area contributed by atoms with Gasteiger partial charge in [0.1, 0.15) is 5.69 Å². The summed E-state index contributed by atoms with van der Waals surface area (Å²) in [6, 6.07) is 0.427. The Kier molecular flexibility index (Phi) is 1.72. The van der Waals surface area contributed by atoms with E-state index in [9.17, 15) is 4.79 Å². The Balaban J connectivity index is 2.20. The van der Waals surface area contributed by atoms with E-state index in [1.165, 1.54) is 6.33 Å². The zero-order valence-electron chi connectivity index (χ0n) is 7.37. The molecule has 1 aromatic rings. The van der Waals surface area contributed by atoms with Gasteiger partial charge in [-0.25, -0.2) is 4.98 Å². The van der Waals surface area contributed by atoms with Crippen LogP contribution in [-0.2, 0) is 0 Å². The maximum atomic E-state index is 11.1. The molecule has 1 aliphatic carbocycles. The van der Waals surface area contributed by atoms with Gasteiger partial charge in [-0.15, -0.1) is 0 Å². The lowest BCUT2D eigenvalue weighted by Crippen LogP contribution is -2.17. The summed E-state index contributed by atoms with van der Waals surface area (Å²) in [4.78, 5) is 17.4. The molecule has 0 amide bonds. The fourth-order valence-electron chi connectivity index (χ4n) is 1.22. The van der Waals surface area contributed by atoms with Crippen LogP contribution in [0.5, 0.6) is 0 Å². The molecule has 1 fully saturated rings. The minimum absolute atomic E-state index is 0.168. The van der Waals surface area contributed by atoms with Crippen LogP contribution in [0.2, 0.25) is 0 Å². The van der Waals surface area contributed by atoms with E-state index in [2.05, 4.69) is 22.2 Å². The van der Waals surface area contributed by atoms with Crippen LogP contribution in [-0.4, -0.2) is 16.0 Å². The van der Waals surface area contributed by atoms with E-state index >= 15 is 0 Å². The van der Waals surface area contributed by atoms with Gasteiger partial charge in [-0.05, 0) is 12.3 Å². The van der Waals surface area contributed by atoms with Crippen molar-refractivity contribution in [2.45, 2.75) is 19.4 Å². The van der Waals surface area contributed by atoms with Crippen LogP contribution >= 0.6 is 0 Å². The molecule has 1 aromatic heterocycles. The summed E-state index contributed by atoms with van der Waals surface area (Å²) in [6.07, 6.45) is 2.47. The molecular formula is C8H12N4O. The van der Waals surface area contributed by atoms with Gasteiger partial charge in [0, 0.05) is 6.04 Å². The Hall–Kier alpha value is -1.52. The number of hydrogen-bond acceptors (Lipinski definition) is 4. The maximum absolute atomic E-state index is 11.1. The standard InChI is InChI=1S/C8H12N4O/c1-4-2-5(4)12-7-6(9)8(13)11-3-10-7/h3-5H,2,9H2,1H3,(H2,10,11,12,13). The molecule has 0 bridgehead atoms. The Morgan fingerprint density at radius 1 is 1.77 bits per heavy atom. The molecule has 4 N–H and O–H groups in total. The monoisotopic (exact) mass is 180 g/mol. The van der Waals surface area contributed by atoms with Crippen molar-refractivity contribution in [1.82, 2.24) is 9.97 Å². The largest absolute Gasteiger partial charge is 0.391 e. The average Bonchev–Trinajstić information content (AvgIpc) is 2.77. The van der Waals surface area contributed by atoms with E-state index in [4.69, 9.17) is 5.73 Å². The van der Waals surface area contributed by atoms with E-state index < -0.39 is 0 Å². The number of nitrogens with two attached hydrogens (primary N) is 1. The molecule has 0 saturated heterocycles. The Labute approximate surface area is 75.4 Å². The van der Waals surface area contributed by atoms with Crippen molar-refractivity contribution >= 4 is 11.5 Å². The summed E-state index contributed by atoms with van der Waals surface area (Å²) in [7, 11) is 0. The summed E-state index contributed by atoms with van der Waals surface area (Å²) in [6.45, 7) is 2.14. The second-order valence-electron chi connectivity index (χ2n) is 3.46. The first kappa shape index (κ1) is 8.10. The van der Waals surface area contributed by atoms with Gasteiger partial charge in [0.15, 0.2) is 5.82 Å². The maximum Gasteiger partial charge on any atom is 0.276 e. The third kappa shape index (κ3) is 1.49. The van der Waals surface area contributed by atoms with E-state index in [1.54, 1.807) is 0 Å². The van der Waals surface area contributed by atoms with E-state index in [1.807, 2.05) is 0 Å². The van der Waals surface area contributed by atoms with Crippen molar-refractivity contribution in [3.8, 4) is 0 Å². The van der Waals surface area contributed by atoms with Gasteiger partial charge >= 0.3 is 0 Å². The first-order valence-electron chi connectivity index (χ1n) is 4.28. The molecule has 1 saturated carbocycles. The highest BCUT2D eigenvalue weighted by Gasteiger charge is 2.33. The number of rotatable bonds is 2. The van der Waals surface area contributed by atoms with Crippen LogP contribution in [0.1, 0.15) is 13.3 Å². The average molecular weight is 180 g/mol.